The minimum Gasteiger partial charge on any atom is -0.494 e. The maximum absolute atomic E-state index is 13.8. The normalized spacial score (nSPS) is 10.5. The Bertz CT molecular complexity index is 671. The zero-order valence-electron chi connectivity index (χ0n) is 11.3. The molecule has 2 aromatic rings. The second-order valence-electron chi connectivity index (χ2n) is 4.45. The van der Waals surface area contributed by atoms with Gasteiger partial charge in [-0.15, -0.1) is 0 Å². The van der Waals surface area contributed by atoms with Crippen molar-refractivity contribution in [2.45, 2.75) is 13.3 Å². The number of carbonyl (C=O) groups excluding carboxylic acids is 1. The molecule has 0 amide bonds. The van der Waals surface area contributed by atoms with Gasteiger partial charge in [-0.1, -0.05) is 19.1 Å². The van der Waals surface area contributed by atoms with Gasteiger partial charge in [0.15, 0.2) is 5.78 Å². The Morgan fingerprint density at radius 1 is 1.19 bits per heavy atom. The van der Waals surface area contributed by atoms with Gasteiger partial charge in [-0.25, -0.2) is 8.78 Å². The molecule has 5 heteroatoms. The lowest BCUT2D eigenvalue weighted by Gasteiger charge is -2.08. The van der Waals surface area contributed by atoms with Crippen LogP contribution in [-0.4, -0.2) is 12.4 Å². The van der Waals surface area contributed by atoms with Crippen LogP contribution in [-0.2, 0) is 0 Å². The molecule has 2 nitrogen and oxygen atoms in total. The summed E-state index contributed by atoms with van der Waals surface area (Å²) in [6, 6.07) is 8.26. The molecular formula is C16H13BrF2O2. The molecule has 0 atom stereocenters. The molecule has 0 radical (unpaired) electrons. The Morgan fingerprint density at radius 3 is 2.67 bits per heavy atom. The van der Waals surface area contributed by atoms with E-state index in [0.717, 1.165) is 18.6 Å². The fourth-order valence-corrected chi connectivity index (χ4v) is 2.11. The molecule has 0 heterocycles. The first kappa shape index (κ1) is 15.6. The molecule has 0 aromatic heterocycles. The molecule has 2 aromatic carbocycles. The van der Waals surface area contributed by atoms with Crippen LogP contribution in [0.25, 0.3) is 0 Å². The van der Waals surface area contributed by atoms with E-state index in [1.54, 1.807) is 18.2 Å². The van der Waals surface area contributed by atoms with Crippen LogP contribution in [0.5, 0.6) is 5.75 Å². The van der Waals surface area contributed by atoms with Crippen LogP contribution in [0.15, 0.2) is 40.9 Å². The van der Waals surface area contributed by atoms with Crippen molar-refractivity contribution in [3.8, 4) is 5.75 Å². The zero-order valence-corrected chi connectivity index (χ0v) is 12.9. The number of hydrogen-bond acceptors (Lipinski definition) is 2. The first-order valence-electron chi connectivity index (χ1n) is 6.45. The topological polar surface area (TPSA) is 26.3 Å². The Hall–Kier alpha value is -1.75. The second kappa shape index (κ2) is 6.80. The molecule has 0 saturated carbocycles. The highest BCUT2D eigenvalue weighted by atomic mass is 79.9. The van der Waals surface area contributed by atoms with Crippen molar-refractivity contribution < 1.29 is 18.3 Å². The summed E-state index contributed by atoms with van der Waals surface area (Å²) >= 11 is 2.88. The van der Waals surface area contributed by atoms with Crippen molar-refractivity contribution in [3.63, 3.8) is 0 Å². The fraction of sp³-hybridized carbons (Fsp3) is 0.188. The van der Waals surface area contributed by atoms with Crippen LogP contribution in [0, 0.1) is 11.6 Å². The third-order valence-corrected chi connectivity index (χ3v) is 3.43. The van der Waals surface area contributed by atoms with E-state index in [1.165, 1.54) is 6.07 Å². The van der Waals surface area contributed by atoms with Gasteiger partial charge in [-0.2, -0.15) is 0 Å². The van der Waals surface area contributed by atoms with Crippen molar-refractivity contribution in [1.29, 1.82) is 0 Å². The molecule has 0 aliphatic rings. The Labute approximate surface area is 129 Å². The highest BCUT2D eigenvalue weighted by Crippen LogP contribution is 2.23. The van der Waals surface area contributed by atoms with E-state index in [0.29, 0.717) is 12.4 Å². The smallest absolute Gasteiger partial charge is 0.196 e. The van der Waals surface area contributed by atoms with Gasteiger partial charge in [0.25, 0.3) is 0 Å². The summed E-state index contributed by atoms with van der Waals surface area (Å²) in [6.45, 7) is 2.49. The molecule has 2 rings (SSSR count). The number of halogens is 3. The molecule has 0 fully saturated rings. The molecule has 21 heavy (non-hydrogen) atoms. The number of rotatable bonds is 5. The summed E-state index contributed by atoms with van der Waals surface area (Å²) in [4.78, 5) is 12.3. The number of ketones is 1. The molecule has 0 aliphatic heterocycles. The minimum absolute atomic E-state index is 0.0171. The Morgan fingerprint density at radius 2 is 1.95 bits per heavy atom. The van der Waals surface area contributed by atoms with Crippen LogP contribution in [0.3, 0.4) is 0 Å². The lowest BCUT2D eigenvalue weighted by atomic mass is 10.0. The van der Waals surface area contributed by atoms with Gasteiger partial charge >= 0.3 is 0 Å². The van der Waals surface area contributed by atoms with Crippen molar-refractivity contribution >= 4 is 21.7 Å². The quantitative estimate of drug-likeness (QED) is 0.572. The maximum Gasteiger partial charge on any atom is 0.196 e. The van der Waals surface area contributed by atoms with E-state index in [9.17, 15) is 13.6 Å². The van der Waals surface area contributed by atoms with E-state index >= 15 is 0 Å². The number of carbonyl (C=O) groups is 1. The molecule has 0 N–H and O–H groups in total. The van der Waals surface area contributed by atoms with Gasteiger partial charge in [0, 0.05) is 5.56 Å². The fourth-order valence-electron chi connectivity index (χ4n) is 1.80. The number of ether oxygens (including phenoxy) is 1. The third-order valence-electron chi connectivity index (χ3n) is 2.82. The summed E-state index contributed by atoms with van der Waals surface area (Å²) in [7, 11) is 0. The van der Waals surface area contributed by atoms with E-state index in [-0.39, 0.29) is 15.6 Å². The first-order chi connectivity index (χ1) is 10.0. The largest absolute Gasteiger partial charge is 0.494 e. The number of benzene rings is 2. The lowest BCUT2D eigenvalue weighted by Crippen LogP contribution is -2.06. The van der Waals surface area contributed by atoms with E-state index in [4.69, 9.17) is 4.74 Å². The summed E-state index contributed by atoms with van der Waals surface area (Å²) in [5.74, 6) is -1.51. The maximum atomic E-state index is 13.8. The molecule has 110 valence electrons. The summed E-state index contributed by atoms with van der Waals surface area (Å²) in [5.41, 5.74) is -0.0485. The highest BCUT2D eigenvalue weighted by molar-refractivity contribution is 9.10. The van der Waals surface area contributed by atoms with Crippen molar-refractivity contribution in [2.24, 2.45) is 0 Å². The first-order valence-corrected chi connectivity index (χ1v) is 7.24. The van der Waals surface area contributed by atoms with Gasteiger partial charge in [0.2, 0.25) is 0 Å². The predicted molar refractivity (Wildman–Crippen MR) is 79.7 cm³/mol. The summed E-state index contributed by atoms with van der Waals surface area (Å²) in [6.07, 6.45) is 0.838. The van der Waals surface area contributed by atoms with Gasteiger partial charge in [0.05, 0.1) is 16.6 Å². The van der Waals surface area contributed by atoms with Crippen molar-refractivity contribution in [2.75, 3.05) is 6.61 Å². The molecule has 0 saturated heterocycles. The van der Waals surface area contributed by atoms with Crippen molar-refractivity contribution in [3.05, 3.63) is 63.6 Å². The SMILES string of the molecule is CCCOc1cccc(C(=O)c2cc(F)c(Br)cc2F)c1. The molecule has 0 aliphatic carbocycles. The van der Waals surface area contributed by atoms with Gasteiger partial charge in [-0.05, 0) is 46.6 Å². The van der Waals surface area contributed by atoms with Gasteiger partial charge in [-0.3, -0.25) is 4.79 Å². The van der Waals surface area contributed by atoms with Crippen LogP contribution < -0.4 is 4.74 Å². The van der Waals surface area contributed by atoms with Crippen LogP contribution >= 0.6 is 15.9 Å². The summed E-state index contributed by atoms with van der Waals surface area (Å²) in [5, 5.41) is 0. The number of hydrogen-bond donors (Lipinski definition) is 0. The van der Waals surface area contributed by atoms with Crippen LogP contribution in [0.1, 0.15) is 29.3 Å². The van der Waals surface area contributed by atoms with Gasteiger partial charge in [0.1, 0.15) is 17.4 Å². The average molecular weight is 355 g/mol. The van der Waals surface area contributed by atoms with E-state index in [1.807, 2.05) is 6.92 Å². The van der Waals surface area contributed by atoms with E-state index < -0.39 is 17.4 Å². The molecule has 0 spiro atoms. The second-order valence-corrected chi connectivity index (χ2v) is 5.31. The lowest BCUT2D eigenvalue weighted by molar-refractivity contribution is 0.103. The zero-order chi connectivity index (χ0) is 15.4. The Balaban J connectivity index is 2.34. The third kappa shape index (κ3) is 3.67. The van der Waals surface area contributed by atoms with E-state index in [2.05, 4.69) is 15.9 Å². The van der Waals surface area contributed by atoms with Gasteiger partial charge < -0.3 is 4.74 Å². The average Bonchev–Trinajstić information content (AvgIpc) is 2.48. The Kier molecular flexibility index (Phi) is 5.07. The summed E-state index contributed by atoms with van der Waals surface area (Å²) < 4.78 is 32.7. The molecule has 0 unspecified atom stereocenters. The van der Waals surface area contributed by atoms with Crippen LogP contribution in [0.2, 0.25) is 0 Å². The highest BCUT2D eigenvalue weighted by Gasteiger charge is 2.17. The molecular weight excluding hydrogens is 342 g/mol. The monoisotopic (exact) mass is 354 g/mol. The van der Waals surface area contributed by atoms with Crippen molar-refractivity contribution in [1.82, 2.24) is 0 Å². The molecule has 0 bridgehead atoms. The minimum atomic E-state index is -0.770. The van der Waals surface area contributed by atoms with Crippen LogP contribution in [0.4, 0.5) is 8.78 Å². The predicted octanol–water partition coefficient (Wildman–Crippen LogP) is 4.75. The standard InChI is InChI=1S/C16H13BrF2O2/c1-2-6-21-11-5-3-4-10(7-11)16(20)12-8-15(19)13(17)9-14(12)18/h3-5,7-9H,2,6H2,1H3.